The van der Waals surface area contributed by atoms with E-state index in [1.165, 1.54) is 0 Å². The van der Waals surface area contributed by atoms with Crippen LogP contribution in [0.25, 0.3) is 0 Å². The van der Waals surface area contributed by atoms with Gasteiger partial charge in [0.25, 0.3) is 5.91 Å². The van der Waals surface area contributed by atoms with E-state index in [0.717, 1.165) is 5.56 Å². The number of ether oxygens (including phenoxy) is 3. The van der Waals surface area contributed by atoms with Crippen molar-refractivity contribution < 1.29 is 23.8 Å². The summed E-state index contributed by atoms with van der Waals surface area (Å²) in [5.74, 6) is 0.958. The lowest BCUT2D eigenvalue weighted by atomic mass is 10.0. The molecular formula is C25H24N2O5. The number of amides is 2. The molecule has 3 aromatic carbocycles. The maximum atomic E-state index is 13.1. The number of fused-ring (bicyclic) bond motifs is 1. The molecule has 7 nitrogen and oxygen atoms in total. The van der Waals surface area contributed by atoms with E-state index in [-0.39, 0.29) is 12.5 Å². The van der Waals surface area contributed by atoms with E-state index in [1.54, 1.807) is 43.5 Å². The Morgan fingerprint density at radius 3 is 2.53 bits per heavy atom. The van der Waals surface area contributed by atoms with Crippen molar-refractivity contribution in [3.05, 3.63) is 84.4 Å². The molecule has 4 rings (SSSR count). The molecule has 0 unspecified atom stereocenters. The molecule has 2 atom stereocenters. The van der Waals surface area contributed by atoms with Gasteiger partial charge in [-0.2, -0.15) is 0 Å². The second-order valence-electron chi connectivity index (χ2n) is 7.34. The summed E-state index contributed by atoms with van der Waals surface area (Å²) in [7, 11) is 1.56. The average Bonchev–Trinajstić information content (AvgIpc) is 2.84. The third kappa shape index (κ3) is 5.18. The largest absolute Gasteiger partial charge is 0.497 e. The fourth-order valence-corrected chi connectivity index (χ4v) is 3.40. The van der Waals surface area contributed by atoms with Crippen LogP contribution < -0.4 is 24.8 Å². The van der Waals surface area contributed by atoms with Crippen molar-refractivity contribution in [2.24, 2.45) is 0 Å². The smallest absolute Gasteiger partial charge is 0.265 e. The van der Waals surface area contributed by atoms with E-state index in [1.807, 2.05) is 42.5 Å². The zero-order valence-corrected chi connectivity index (χ0v) is 17.6. The molecule has 7 heteroatoms. The highest BCUT2D eigenvalue weighted by atomic mass is 16.6. The van der Waals surface area contributed by atoms with Gasteiger partial charge in [-0.05, 0) is 29.8 Å². The summed E-state index contributed by atoms with van der Waals surface area (Å²) in [4.78, 5) is 26.0. The van der Waals surface area contributed by atoms with Crippen LogP contribution in [0.15, 0.2) is 78.9 Å². The Labute approximate surface area is 186 Å². The Morgan fingerprint density at radius 1 is 1.00 bits per heavy atom. The maximum Gasteiger partial charge on any atom is 0.265 e. The van der Waals surface area contributed by atoms with Gasteiger partial charge in [0.2, 0.25) is 12.0 Å². The normalized spacial score (nSPS) is 15.3. The van der Waals surface area contributed by atoms with Crippen molar-refractivity contribution in [1.29, 1.82) is 0 Å². The van der Waals surface area contributed by atoms with Gasteiger partial charge in [-0.15, -0.1) is 0 Å². The summed E-state index contributed by atoms with van der Waals surface area (Å²) < 4.78 is 16.6. The number of nitrogens with one attached hydrogen (secondary N) is 2. The van der Waals surface area contributed by atoms with Gasteiger partial charge >= 0.3 is 0 Å². The third-order valence-electron chi connectivity index (χ3n) is 5.05. The number of benzene rings is 3. The minimum atomic E-state index is -0.854. The van der Waals surface area contributed by atoms with E-state index in [2.05, 4.69) is 10.6 Å². The van der Waals surface area contributed by atoms with Crippen molar-refractivity contribution in [3.63, 3.8) is 0 Å². The highest BCUT2D eigenvalue weighted by Crippen LogP contribution is 2.31. The summed E-state index contributed by atoms with van der Waals surface area (Å²) in [6.45, 7) is 0.0679. The van der Waals surface area contributed by atoms with E-state index < -0.39 is 18.1 Å². The molecule has 32 heavy (non-hydrogen) atoms. The highest BCUT2D eigenvalue weighted by molar-refractivity contribution is 5.98. The van der Waals surface area contributed by atoms with Gasteiger partial charge in [0.15, 0.2) is 11.5 Å². The fourth-order valence-electron chi connectivity index (χ4n) is 3.40. The molecule has 0 aliphatic carbocycles. The number of hydrogen-bond donors (Lipinski definition) is 2. The third-order valence-corrected chi connectivity index (χ3v) is 5.05. The molecule has 2 N–H and O–H groups in total. The van der Waals surface area contributed by atoms with E-state index >= 15 is 0 Å². The summed E-state index contributed by atoms with van der Waals surface area (Å²) in [5, 5.41) is 5.68. The minimum Gasteiger partial charge on any atom is -0.497 e. The lowest BCUT2D eigenvalue weighted by molar-refractivity contribution is -0.133. The first-order chi connectivity index (χ1) is 15.6. The van der Waals surface area contributed by atoms with Crippen LogP contribution >= 0.6 is 0 Å². The molecule has 3 aromatic rings. The Morgan fingerprint density at radius 2 is 1.75 bits per heavy atom. The van der Waals surface area contributed by atoms with Gasteiger partial charge < -0.3 is 24.8 Å². The summed E-state index contributed by atoms with van der Waals surface area (Å²) in [6, 6.07) is 22.9. The van der Waals surface area contributed by atoms with Gasteiger partial charge in [0, 0.05) is 18.2 Å². The van der Waals surface area contributed by atoms with Crippen molar-refractivity contribution in [2.75, 3.05) is 19.0 Å². The molecule has 0 aromatic heterocycles. The van der Waals surface area contributed by atoms with Crippen LogP contribution in [-0.4, -0.2) is 37.7 Å². The molecule has 0 saturated carbocycles. The highest BCUT2D eigenvalue weighted by Gasteiger charge is 2.31. The molecule has 0 spiro atoms. The maximum absolute atomic E-state index is 13.1. The molecule has 1 aliphatic rings. The van der Waals surface area contributed by atoms with Crippen molar-refractivity contribution >= 4 is 17.5 Å². The van der Waals surface area contributed by atoms with Gasteiger partial charge in [-0.3, -0.25) is 9.59 Å². The first-order valence-electron chi connectivity index (χ1n) is 10.3. The summed E-state index contributed by atoms with van der Waals surface area (Å²) in [5.41, 5.74) is 1.50. The van der Waals surface area contributed by atoms with Gasteiger partial charge in [0.05, 0.1) is 7.11 Å². The van der Waals surface area contributed by atoms with Crippen LogP contribution in [0.4, 0.5) is 5.69 Å². The second kappa shape index (κ2) is 9.87. The summed E-state index contributed by atoms with van der Waals surface area (Å²) >= 11 is 0. The molecule has 164 valence electrons. The van der Waals surface area contributed by atoms with Crippen LogP contribution in [0, 0.1) is 0 Å². The number of carbonyl (C=O) groups is 2. The summed E-state index contributed by atoms with van der Waals surface area (Å²) in [6.07, 6.45) is -0.528. The van der Waals surface area contributed by atoms with Gasteiger partial charge in [-0.25, -0.2) is 0 Å². The monoisotopic (exact) mass is 432 g/mol. The van der Waals surface area contributed by atoms with Crippen molar-refractivity contribution in [2.45, 2.75) is 18.6 Å². The Hall–Kier alpha value is -4.00. The quantitative estimate of drug-likeness (QED) is 0.599. The van der Waals surface area contributed by atoms with Gasteiger partial charge in [0.1, 0.15) is 18.4 Å². The predicted octanol–water partition coefficient (Wildman–Crippen LogP) is 3.20. The number of anilines is 1. The van der Waals surface area contributed by atoms with Crippen molar-refractivity contribution in [3.8, 4) is 17.2 Å². The average molecular weight is 432 g/mol. The van der Waals surface area contributed by atoms with E-state index in [0.29, 0.717) is 29.4 Å². The number of methoxy groups -OCH3 is 1. The number of rotatable bonds is 7. The number of carbonyl (C=O) groups excluding carboxylic acids is 2. The second-order valence-corrected chi connectivity index (χ2v) is 7.34. The van der Waals surface area contributed by atoms with E-state index in [9.17, 15) is 9.59 Å². The van der Waals surface area contributed by atoms with Crippen LogP contribution in [0.3, 0.4) is 0 Å². The molecule has 0 bridgehead atoms. The molecule has 2 amide bonds. The van der Waals surface area contributed by atoms with Crippen molar-refractivity contribution in [1.82, 2.24) is 5.32 Å². The van der Waals surface area contributed by atoms with Crippen LogP contribution in [0.1, 0.15) is 5.56 Å². The number of hydrogen-bond acceptors (Lipinski definition) is 5. The molecule has 0 saturated heterocycles. The minimum absolute atomic E-state index is 0.0679. The SMILES string of the molecule is COc1cccc(NC(=O)[C@@H](Cc2ccccc2)NC(=O)[C@@H]2COc3ccccc3O2)c1. The van der Waals surface area contributed by atoms with Gasteiger partial charge in [-0.1, -0.05) is 48.5 Å². The topological polar surface area (TPSA) is 85.9 Å². The lowest BCUT2D eigenvalue weighted by Gasteiger charge is -2.27. The Kier molecular flexibility index (Phi) is 6.55. The standard InChI is InChI=1S/C25H24N2O5/c1-30-19-11-7-10-18(15-19)26-24(28)20(14-17-8-3-2-4-9-17)27-25(29)23-16-31-21-12-5-6-13-22(21)32-23/h2-13,15,20,23H,14,16H2,1H3,(H,26,28)(H,27,29)/t20-,23+/m1/s1. The first kappa shape index (κ1) is 21.2. The van der Waals surface area contributed by atoms with Crippen LogP contribution in [0.5, 0.6) is 17.2 Å². The lowest BCUT2D eigenvalue weighted by Crippen LogP contribution is -2.52. The molecule has 1 aliphatic heterocycles. The Balaban J connectivity index is 1.48. The zero-order valence-electron chi connectivity index (χ0n) is 17.6. The van der Waals surface area contributed by atoms with E-state index in [4.69, 9.17) is 14.2 Å². The fraction of sp³-hybridized carbons (Fsp3) is 0.200. The first-order valence-corrected chi connectivity index (χ1v) is 10.3. The van der Waals surface area contributed by atoms with Crippen LogP contribution in [0.2, 0.25) is 0 Å². The zero-order chi connectivity index (χ0) is 22.3. The molecular weight excluding hydrogens is 408 g/mol. The van der Waals surface area contributed by atoms with Crippen LogP contribution in [-0.2, 0) is 16.0 Å². The number of para-hydroxylation sites is 2. The predicted molar refractivity (Wildman–Crippen MR) is 120 cm³/mol. The molecule has 0 radical (unpaired) electrons. The molecule has 1 heterocycles. The Bertz CT molecular complexity index is 1090. The molecule has 0 fully saturated rings.